The summed E-state index contributed by atoms with van der Waals surface area (Å²) in [6.07, 6.45) is 0. The van der Waals surface area contributed by atoms with Crippen LogP contribution in [0.2, 0.25) is 0 Å². The number of nitrogens with zero attached hydrogens (tertiary/aromatic N) is 3. The smallest absolute Gasteiger partial charge is 0.338 e. The van der Waals surface area contributed by atoms with Gasteiger partial charge < -0.3 is 15.0 Å². The van der Waals surface area contributed by atoms with E-state index in [0.717, 1.165) is 0 Å². The van der Waals surface area contributed by atoms with E-state index in [2.05, 4.69) is 10.2 Å². The molecule has 2 heterocycles. The predicted octanol–water partition coefficient (Wildman–Crippen LogP) is 3.19. The van der Waals surface area contributed by atoms with Crippen LogP contribution in [-0.4, -0.2) is 78.5 Å². The maximum atomic E-state index is 14.0. The summed E-state index contributed by atoms with van der Waals surface area (Å²) in [7, 11) is 1.60. The van der Waals surface area contributed by atoms with Crippen molar-refractivity contribution in [2.45, 2.75) is 25.9 Å². The average molecular weight is 495 g/mol. The van der Waals surface area contributed by atoms with Gasteiger partial charge in [-0.1, -0.05) is 30.3 Å². The Morgan fingerprint density at radius 2 is 1.86 bits per heavy atom. The number of hydrogen-bond acceptors (Lipinski definition) is 5. The Kier molecular flexibility index (Phi) is 7.69. The van der Waals surface area contributed by atoms with E-state index in [0.29, 0.717) is 43.0 Å². The Morgan fingerprint density at radius 1 is 1.11 bits per heavy atom. The summed E-state index contributed by atoms with van der Waals surface area (Å²) >= 11 is 0. The van der Waals surface area contributed by atoms with E-state index >= 15 is 0 Å². The van der Waals surface area contributed by atoms with Crippen molar-refractivity contribution in [3.63, 3.8) is 0 Å². The molecule has 3 amide bonds. The molecule has 190 valence electrons. The van der Waals surface area contributed by atoms with Gasteiger partial charge in [0.15, 0.2) is 0 Å². The molecule has 4 rings (SSSR count). The number of carbonyl (C=O) groups excluding carboxylic acids is 3. The number of nitrogens with one attached hydrogen (secondary N) is 1. The molecule has 0 saturated carbocycles. The molecule has 9 heteroatoms. The molecule has 0 radical (unpaired) electrons. The zero-order valence-corrected chi connectivity index (χ0v) is 20.7. The molecule has 2 aliphatic rings. The first kappa shape index (κ1) is 25.4. The lowest BCUT2D eigenvalue weighted by atomic mass is 9.94. The monoisotopic (exact) mass is 494 g/mol. The largest absolute Gasteiger partial charge is 0.463 e. The van der Waals surface area contributed by atoms with Gasteiger partial charge in [-0.3, -0.25) is 14.6 Å². The Hall–Kier alpha value is -3.72. The van der Waals surface area contributed by atoms with E-state index in [1.807, 2.05) is 30.0 Å². The molecule has 2 aromatic carbocycles. The van der Waals surface area contributed by atoms with Crippen molar-refractivity contribution in [3.05, 3.63) is 82.8 Å². The van der Waals surface area contributed by atoms with Crippen molar-refractivity contribution in [3.8, 4) is 0 Å². The molecule has 2 aliphatic heterocycles. The predicted molar refractivity (Wildman–Crippen MR) is 132 cm³/mol. The molecule has 1 N–H and O–H groups in total. The summed E-state index contributed by atoms with van der Waals surface area (Å²) in [5, 5.41) is 2.81. The van der Waals surface area contributed by atoms with Gasteiger partial charge in [0.25, 0.3) is 5.91 Å². The number of piperazine rings is 1. The standard InChI is InChI=1S/C27H31FN4O4/c1-4-36-26(34)23-22(30(3)27(35)29-24(23)20-11-8-12-21(28)15-20)17-31-13-14-32(18(2)16-31)25(33)19-9-6-5-7-10-19/h5-12,15,18,24H,4,13-14,16-17H2,1-3H3,(H,29,35)/t18-,24-/m0/s1. The minimum Gasteiger partial charge on any atom is -0.463 e. The molecular formula is C27H31FN4O4. The van der Waals surface area contributed by atoms with Gasteiger partial charge in [0, 0.05) is 50.5 Å². The van der Waals surface area contributed by atoms with Gasteiger partial charge in [-0.05, 0) is 43.7 Å². The van der Waals surface area contributed by atoms with E-state index in [1.165, 1.54) is 17.0 Å². The van der Waals surface area contributed by atoms with Crippen molar-refractivity contribution in [2.24, 2.45) is 0 Å². The van der Waals surface area contributed by atoms with Gasteiger partial charge in [-0.15, -0.1) is 0 Å². The molecule has 0 aliphatic carbocycles. The molecule has 1 saturated heterocycles. The number of ether oxygens (including phenoxy) is 1. The summed E-state index contributed by atoms with van der Waals surface area (Å²) in [5.41, 5.74) is 1.89. The quantitative estimate of drug-likeness (QED) is 0.624. The summed E-state index contributed by atoms with van der Waals surface area (Å²) in [6.45, 7) is 5.83. The Labute approximate surface area is 210 Å². The van der Waals surface area contributed by atoms with E-state index in [1.54, 1.807) is 38.2 Å². The minimum absolute atomic E-state index is 0.0190. The van der Waals surface area contributed by atoms with Gasteiger partial charge >= 0.3 is 12.0 Å². The molecule has 1 fully saturated rings. The zero-order valence-electron chi connectivity index (χ0n) is 20.7. The lowest BCUT2D eigenvalue weighted by Crippen LogP contribution is -2.56. The van der Waals surface area contributed by atoms with Crippen LogP contribution in [0.5, 0.6) is 0 Å². The summed E-state index contributed by atoms with van der Waals surface area (Å²) in [4.78, 5) is 44.3. The number of rotatable bonds is 6. The second kappa shape index (κ2) is 10.9. The van der Waals surface area contributed by atoms with Crippen LogP contribution in [-0.2, 0) is 9.53 Å². The Balaban J connectivity index is 1.61. The van der Waals surface area contributed by atoms with Gasteiger partial charge in [0.05, 0.1) is 18.2 Å². The van der Waals surface area contributed by atoms with Crippen molar-refractivity contribution >= 4 is 17.9 Å². The second-order valence-electron chi connectivity index (χ2n) is 9.03. The number of carbonyl (C=O) groups is 3. The van der Waals surface area contributed by atoms with E-state index in [-0.39, 0.29) is 24.1 Å². The van der Waals surface area contributed by atoms with Gasteiger partial charge in [0.2, 0.25) is 0 Å². The highest BCUT2D eigenvalue weighted by atomic mass is 19.1. The molecule has 0 unspecified atom stereocenters. The van der Waals surface area contributed by atoms with Crippen LogP contribution in [0.3, 0.4) is 0 Å². The highest BCUT2D eigenvalue weighted by Crippen LogP contribution is 2.32. The molecule has 2 atom stereocenters. The number of urea groups is 1. The first-order valence-electron chi connectivity index (χ1n) is 12.1. The molecular weight excluding hydrogens is 463 g/mol. The molecule has 0 bridgehead atoms. The van der Waals surface area contributed by atoms with Crippen LogP contribution >= 0.6 is 0 Å². The van der Waals surface area contributed by atoms with Crippen LogP contribution in [0.15, 0.2) is 65.9 Å². The highest BCUT2D eigenvalue weighted by molar-refractivity contribution is 5.95. The van der Waals surface area contributed by atoms with E-state index in [9.17, 15) is 18.8 Å². The van der Waals surface area contributed by atoms with Crippen LogP contribution in [0, 0.1) is 5.82 Å². The third-order valence-corrected chi connectivity index (χ3v) is 6.62. The first-order valence-corrected chi connectivity index (χ1v) is 12.1. The fourth-order valence-electron chi connectivity index (χ4n) is 4.77. The van der Waals surface area contributed by atoms with Crippen molar-refractivity contribution in [2.75, 3.05) is 39.8 Å². The first-order chi connectivity index (χ1) is 17.3. The fraction of sp³-hybridized carbons (Fsp3) is 0.370. The number of likely N-dealkylation sites (N-methyl/N-ethyl adjacent to an activating group) is 1. The summed E-state index contributed by atoms with van der Waals surface area (Å²) in [6, 6.07) is 13.7. The lowest BCUT2D eigenvalue weighted by Gasteiger charge is -2.42. The SMILES string of the molecule is CCOC(=O)C1=C(CN2CCN(C(=O)c3ccccc3)[C@@H](C)C2)N(C)C(=O)N[C@H]1c1cccc(F)c1. The van der Waals surface area contributed by atoms with Crippen molar-refractivity contribution < 1.29 is 23.5 Å². The van der Waals surface area contributed by atoms with Crippen LogP contribution in [0.1, 0.15) is 35.8 Å². The fourth-order valence-corrected chi connectivity index (χ4v) is 4.77. The Bertz CT molecular complexity index is 1170. The topological polar surface area (TPSA) is 82.2 Å². The van der Waals surface area contributed by atoms with Gasteiger partial charge in [-0.2, -0.15) is 0 Å². The van der Waals surface area contributed by atoms with Crippen LogP contribution < -0.4 is 5.32 Å². The van der Waals surface area contributed by atoms with Crippen LogP contribution in [0.4, 0.5) is 9.18 Å². The normalized spacial score (nSPS) is 20.8. The van der Waals surface area contributed by atoms with Crippen LogP contribution in [0.25, 0.3) is 0 Å². The van der Waals surface area contributed by atoms with Crippen molar-refractivity contribution in [1.29, 1.82) is 0 Å². The molecule has 2 aromatic rings. The number of esters is 1. The van der Waals surface area contributed by atoms with E-state index in [4.69, 9.17) is 4.74 Å². The summed E-state index contributed by atoms with van der Waals surface area (Å²) in [5.74, 6) is -1.03. The average Bonchev–Trinajstić information content (AvgIpc) is 2.87. The lowest BCUT2D eigenvalue weighted by molar-refractivity contribution is -0.139. The van der Waals surface area contributed by atoms with Gasteiger partial charge in [-0.25, -0.2) is 14.0 Å². The summed E-state index contributed by atoms with van der Waals surface area (Å²) < 4.78 is 19.4. The third-order valence-electron chi connectivity index (χ3n) is 6.62. The molecule has 36 heavy (non-hydrogen) atoms. The minimum atomic E-state index is -0.836. The number of amides is 3. The maximum absolute atomic E-state index is 14.0. The van der Waals surface area contributed by atoms with E-state index < -0.39 is 23.9 Å². The number of halogens is 1. The number of hydrogen-bond donors (Lipinski definition) is 1. The van der Waals surface area contributed by atoms with Gasteiger partial charge in [0.1, 0.15) is 5.82 Å². The molecule has 0 spiro atoms. The number of benzene rings is 2. The molecule has 0 aromatic heterocycles. The second-order valence-corrected chi connectivity index (χ2v) is 9.03. The zero-order chi connectivity index (χ0) is 25.8. The maximum Gasteiger partial charge on any atom is 0.338 e. The Morgan fingerprint density at radius 3 is 2.53 bits per heavy atom. The highest BCUT2D eigenvalue weighted by Gasteiger charge is 2.38. The molecule has 8 nitrogen and oxygen atoms in total. The van der Waals surface area contributed by atoms with Crippen molar-refractivity contribution in [1.82, 2.24) is 20.0 Å². The third kappa shape index (κ3) is 5.26.